The first-order valence-electron chi connectivity index (χ1n) is 11.7. The number of nitrogens with one attached hydrogen (secondary N) is 2. The number of nitrogens with zero attached hydrogens (tertiary/aromatic N) is 2. The minimum atomic E-state index is 0.0657. The van der Waals surface area contributed by atoms with Crippen LogP contribution < -0.4 is 10.6 Å². The van der Waals surface area contributed by atoms with E-state index in [1.54, 1.807) is 0 Å². The molecule has 1 heterocycles. The number of rotatable bonds is 10. The molecule has 2 atom stereocenters. The van der Waals surface area contributed by atoms with Crippen LogP contribution in [0.1, 0.15) is 56.0 Å². The Kier molecular flexibility index (Phi) is 9.15. The average molecular weight is 431 g/mol. The summed E-state index contributed by atoms with van der Waals surface area (Å²) in [5.41, 5.74) is 1.79. The van der Waals surface area contributed by atoms with E-state index in [1.165, 1.54) is 12.8 Å². The number of aliphatic imine (C=N–C) groups is 1. The van der Waals surface area contributed by atoms with Crippen LogP contribution in [0.25, 0.3) is 0 Å². The van der Waals surface area contributed by atoms with E-state index in [2.05, 4.69) is 22.5 Å². The molecule has 1 aliphatic heterocycles. The normalized spacial score (nSPS) is 21.8. The molecule has 0 spiro atoms. The molecule has 0 bridgehead atoms. The predicted octanol–water partition coefficient (Wildman–Crippen LogP) is 2.81. The van der Waals surface area contributed by atoms with Crippen LogP contribution in [0.4, 0.5) is 0 Å². The van der Waals surface area contributed by atoms with E-state index in [4.69, 9.17) is 9.47 Å². The molecule has 172 valence electrons. The lowest BCUT2D eigenvalue weighted by molar-refractivity contribution is -0.0586. The summed E-state index contributed by atoms with van der Waals surface area (Å²) in [4.78, 5) is 19.3. The van der Waals surface area contributed by atoms with Gasteiger partial charge in [-0.25, -0.2) is 4.99 Å². The van der Waals surface area contributed by atoms with Crippen molar-refractivity contribution >= 4 is 11.9 Å². The van der Waals surface area contributed by atoms with Crippen molar-refractivity contribution in [3.63, 3.8) is 0 Å². The first-order chi connectivity index (χ1) is 15.0. The van der Waals surface area contributed by atoms with Crippen LogP contribution in [0.2, 0.25) is 0 Å². The number of ether oxygens (including phenoxy) is 2. The molecule has 1 aliphatic carbocycles. The Hall–Kier alpha value is -2.12. The third kappa shape index (κ3) is 8.15. The van der Waals surface area contributed by atoms with E-state index in [-0.39, 0.29) is 18.1 Å². The largest absolute Gasteiger partial charge is 0.381 e. The molecule has 2 unspecified atom stereocenters. The maximum Gasteiger partial charge on any atom is 0.254 e. The summed E-state index contributed by atoms with van der Waals surface area (Å²) < 4.78 is 11.4. The van der Waals surface area contributed by atoms with Crippen LogP contribution in [-0.2, 0) is 16.0 Å². The second-order valence-electron chi connectivity index (χ2n) is 8.66. The number of morpholine rings is 1. The number of guanidine groups is 1. The highest BCUT2D eigenvalue weighted by Crippen LogP contribution is 2.28. The van der Waals surface area contributed by atoms with Crippen LogP contribution in [0.5, 0.6) is 0 Å². The molecule has 1 saturated carbocycles. The van der Waals surface area contributed by atoms with Crippen molar-refractivity contribution in [1.29, 1.82) is 0 Å². The highest BCUT2D eigenvalue weighted by molar-refractivity contribution is 5.94. The van der Waals surface area contributed by atoms with Gasteiger partial charge in [0.15, 0.2) is 5.96 Å². The van der Waals surface area contributed by atoms with Gasteiger partial charge in [-0.2, -0.15) is 0 Å². The zero-order chi connectivity index (χ0) is 22.1. The van der Waals surface area contributed by atoms with Gasteiger partial charge in [-0.3, -0.25) is 4.79 Å². The number of benzene rings is 1. The quantitative estimate of drug-likeness (QED) is 0.339. The number of hydrogen-bond donors (Lipinski definition) is 2. The second-order valence-corrected chi connectivity index (χ2v) is 8.66. The molecule has 2 aliphatic rings. The summed E-state index contributed by atoms with van der Waals surface area (Å²) in [6, 6.07) is 7.77. The van der Waals surface area contributed by atoms with Gasteiger partial charge in [-0.1, -0.05) is 12.1 Å². The second kappa shape index (κ2) is 12.1. The smallest absolute Gasteiger partial charge is 0.254 e. The van der Waals surface area contributed by atoms with Crippen molar-refractivity contribution in [3.05, 3.63) is 35.4 Å². The zero-order valence-corrected chi connectivity index (χ0v) is 19.2. The van der Waals surface area contributed by atoms with Crippen LogP contribution in [-0.4, -0.2) is 68.4 Å². The summed E-state index contributed by atoms with van der Waals surface area (Å²) in [5.74, 6) is 1.69. The summed E-state index contributed by atoms with van der Waals surface area (Å²) in [5, 5.41) is 6.64. The molecule has 0 aromatic heterocycles. The SMILES string of the molecule is CCNC(=NCc1ccc(C(=O)N2CC(C)OC(C)C2)cc1)NCCCOCC1CC1. The Labute approximate surface area is 186 Å². The predicted molar refractivity (Wildman–Crippen MR) is 123 cm³/mol. The lowest BCUT2D eigenvalue weighted by Crippen LogP contribution is -2.48. The molecule has 1 aromatic rings. The number of amides is 1. The van der Waals surface area contributed by atoms with Gasteiger partial charge in [0, 0.05) is 45.0 Å². The topological polar surface area (TPSA) is 75.2 Å². The van der Waals surface area contributed by atoms with E-state index >= 15 is 0 Å². The van der Waals surface area contributed by atoms with Gasteiger partial charge in [0.2, 0.25) is 0 Å². The molecule has 7 nitrogen and oxygen atoms in total. The third-order valence-corrected chi connectivity index (χ3v) is 5.48. The molecular formula is C24H38N4O3. The van der Waals surface area contributed by atoms with Crippen LogP contribution in [0.15, 0.2) is 29.3 Å². The van der Waals surface area contributed by atoms with Crippen molar-refractivity contribution < 1.29 is 14.3 Å². The molecule has 2 fully saturated rings. The molecule has 1 amide bonds. The van der Waals surface area contributed by atoms with E-state index in [9.17, 15) is 4.79 Å². The number of hydrogen-bond acceptors (Lipinski definition) is 4. The van der Waals surface area contributed by atoms with E-state index in [1.807, 2.05) is 43.0 Å². The fraction of sp³-hybridized carbons (Fsp3) is 0.667. The maximum atomic E-state index is 12.8. The Morgan fingerprint density at radius 1 is 1.16 bits per heavy atom. The van der Waals surface area contributed by atoms with Gasteiger partial charge in [0.25, 0.3) is 5.91 Å². The molecule has 7 heteroatoms. The minimum Gasteiger partial charge on any atom is -0.381 e. The first-order valence-corrected chi connectivity index (χ1v) is 11.7. The number of carbonyl (C=O) groups excluding carboxylic acids is 1. The molecule has 1 saturated heterocycles. The summed E-state index contributed by atoms with van der Waals surface area (Å²) in [6.07, 6.45) is 3.77. The van der Waals surface area contributed by atoms with Crippen molar-refractivity contribution in [2.24, 2.45) is 10.9 Å². The maximum absolute atomic E-state index is 12.8. The monoisotopic (exact) mass is 430 g/mol. The standard InChI is InChI=1S/C24H38N4O3/c1-4-25-24(26-12-5-13-30-17-21-6-7-21)27-14-20-8-10-22(11-9-20)23(29)28-15-18(2)31-19(3)16-28/h8-11,18-19,21H,4-7,12-17H2,1-3H3,(H2,25,26,27). The summed E-state index contributed by atoms with van der Waals surface area (Å²) in [7, 11) is 0. The molecule has 31 heavy (non-hydrogen) atoms. The van der Waals surface area contributed by atoms with Crippen molar-refractivity contribution in [1.82, 2.24) is 15.5 Å². The van der Waals surface area contributed by atoms with E-state index < -0.39 is 0 Å². The molecule has 2 N–H and O–H groups in total. The molecule has 3 rings (SSSR count). The average Bonchev–Trinajstić information content (AvgIpc) is 3.58. The first kappa shape index (κ1) is 23.5. The Balaban J connectivity index is 1.44. The van der Waals surface area contributed by atoms with Gasteiger partial charge in [0.1, 0.15) is 0 Å². The lowest BCUT2D eigenvalue weighted by atomic mass is 10.1. The molecule has 1 aromatic carbocycles. The van der Waals surface area contributed by atoms with E-state index in [0.29, 0.717) is 25.2 Å². The van der Waals surface area contributed by atoms with Crippen LogP contribution in [0.3, 0.4) is 0 Å². The number of carbonyl (C=O) groups is 1. The fourth-order valence-electron chi connectivity index (χ4n) is 3.71. The molecule has 0 radical (unpaired) electrons. The lowest BCUT2D eigenvalue weighted by Gasteiger charge is -2.35. The summed E-state index contributed by atoms with van der Waals surface area (Å²) in [6.45, 7) is 11.3. The van der Waals surface area contributed by atoms with Gasteiger partial charge in [0.05, 0.1) is 18.8 Å². The molecular weight excluding hydrogens is 392 g/mol. The minimum absolute atomic E-state index is 0.0657. The third-order valence-electron chi connectivity index (χ3n) is 5.48. The van der Waals surface area contributed by atoms with Crippen LogP contribution >= 0.6 is 0 Å². The highest BCUT2D eigenvalue weighted by atomic mass is 16.5. The summed E-state index contributed by atoms with van der Waals surface area (Å²) >= 11 is 0. The Morgan fingerprint density at radius 2 is 1.87 bits per heavy atom. The van der Waals surface area contributed by atoms with Crippen molar-refractivity contribution in [2.45, 2.75) is 58.8 Å². The Morgan fingerprint density at radius 3 is 2.52 bits per heavy atom. The van der Waals surface area contributed by atoms with Crippen LogP contribution in [0, 0.1) is 5.92 Å². The van der Waals surface area contributed by atoms with Gasteiger partial charge >= 0.3 is 0 Å². The Bertz CT molecular complexity index is 708. The van der Waals surface area contributed by atoms with Crippen molar-refractivity contribution in [3.8, 4) is 0 Å². The van der Waals surface area contributed by atoms with E-state index in [0.717, 1.165) is 50.2 Å². The van der Waals surface area contributed by atoms with Gasteiger partial charge in [-0.15, -0.1) is 0 Å². The van der Waals surface area contributed by atoms with Gasteiger partial charge in [-0.05, 0) is 63.6 Å². The van der Waals surface area contributed by atoms with Gasteiger partial charge < -0.3 is 25.0 Å². The zero-order valence-electron chi connectivity index (χ0n) is 19.2. The highest BCUT2D eigenvalue weighted by Gasteiger charge is 2.26. The fourth-order valence-corrected chi connectivity index (χ4v) is 3.71. The van der Waals surface area contributed by atoms with Crippen molar-refractivity contribution in [2.75, 3.05) is 39.4 Å².